The van der Waals surface area contributed by atoms with Gasteiger partial charge in [-0.2, -0.15) is 0 Å². The van der Waals surface area contributed by atoms with Gasteiger partial charge in [-0.1, -0.05) is 90.2 Å². The van der Waals surface area contributed by atoms with Crippen LogP contribution in [0.15, 0.2) is 24.3 Å². The Balaban J connectivity index is -0.00000261. The molecule has 0 saturated heterocycles. The number of carbonyl (C=O) groups excluding carboxylic acids is 2. The molecule has 0 spiro atoms. The van der Waals surface area contributed by atoms with Crippen molar-refractivity contribution in [2.24, 2.45) is 0 Å². The molecule has 0 aliphatic heterocycles. The van der Waals surface area contributed by atoms with Crippen molar-refractivity contribution in [1.82, 2.24) is 0 Å². The van der Waals surface area contributed by atoms with E-state index in [0.29, 0.717) is 24.3 Å². The normalized spacial score (nSPS) is 10.3. The number of ether oxygens (including phenoxy) is 2. The topological polar surface area (TPSA) is 52.6 Å². The summed E-state index contributed by atoms with van der Waals surface area (Å²) in [6, 6.07) is 6.74. The van der Waals surface area contributed by atoms with E-state index in [2.05, 4.69) is 13.8 Å². The van der Waals surface area contributed by atoms with Gasteiger partial charge in [-0.3, -0.25) is 0 Å². The third kappa shape index (κ3) is 13.0. The van der Waals surface area contributed by atoms with E-state index in [9.17, 15) is 9.59 Å². The van der Waals surface area contributed by atoms with Crippen LogP contribution in [0, 0.1) is 0 Å². The first-order valence-corrected chi connectivity index (χ1v) is 11.1. The molecule has 0 aliphatic rings. The number of hydrogen-bond donors (Lipinski definition) is 0. The molecule has 0 N–H and O–H groups in total. The second-order valence-electron chi connectivity index (χ2n) is 7.35. The summed E-state index contributed by atoms with van der Waals surface area (Å²) in [6.07, 6.45) is 13.6. The van der Waals surface area contributed by atoms with Gasteiger partial charge in [0.05, 0.1) is 24.3 Å². The molecule has 0 aromatic heterocycles. The van der Waals surface area contributed by atoms with Gasteiger partial charge < -0.3 is 12.3 Å². The number of benzene rings is 1. The molecular weight excluding hydrogens is 377 g/mol. The van der Waals surface area contributed by atoms with Crippen molar-refractivity contribution in [3.8, 4) is 0 Å². The molecule has 0 aliphatic carbocycles. The van der Waals surface area contributed by atoms with E-state index in [4.69, 9.17) is 9.47 Å². The van der Waals surface area contributed by atoms with E-state index in [0.717, 1.165) is 25.7 Å². The van der Waals surface area contributed by atoms with E-state index in [-0.39, 0.29) is 25.9 Å². The second kappa shape index (κ2) is 18.9. The van der Waals surface area contributed by atoms with Gasteiger partial charge in [0.15, 0.2) is 0 Å². The van der Waals surface area contributed by atoms with E-state index in [1.165, 1.54) is 51.4 Å². The van der Waals surface area contributed by atoms with E-state index in [1.54, 1.807) is 24.3 Å². The number of unbranched alkanes of at least 4 members (excludes halogenated alkanes) is 10. The number of rotatable bonds is 16. The average molecular weight is 417 g/mol. The first-order valence-electron chi connectivity index (χ1n) is 11.1. The van der Waals surface area contributed by atoms with Gasteiger partial charge in [0, 0.05) is 0 Å². The molecule has 4 nitrogen and oxygen atoms in total. The van der Waals surface area contributed by atoms with Crippen LogP contribution in [0.2, 0.25) is 0 Å². The third-order valence-corrected chi connectivity index (χ3v) is 4.83. The van der Waals surface area contributed by atoms with Crippen molar-refractivity contribution in [3.63, 3.8) is 0 Å². The van der Waals surface area contributed by atoms with Gasteiger partial charge in [0.25, 0.3) is 0 Å². The summed E-state index contributed by atoms with van der Waals surface area (Å²) in [4.78, 5) is 24.7. The van der Waals surface area contributed by atoms with E-state index >= 15 is 0 Å². The molecule has 0 fully saturated rings. The minimum absolute atomic E-state index is 0. The first-order chi connectivity index (χ1) is 13.7. The van der Waals surface area contributed by atoms with E-state index < -0.39 is 11.9 Å². The zero-order valence-electron chi connectivity index (χ0n) is 20.5. The SMILES string of the molecule is CCCCCCCCOC(=O)c1ccccc1C(=O)OCCCCCCCC.[H-].[H-].[Mg+2]. The number of hydrogen-bond acceptors (Lipinski definition) is 4. The van der Waals surface area contributed by atoms with Crippen molar-refractivity contribution in [2.45, 2.75) is 90.9 Å². The maximum absolute atomic E-state index is 12.4. The predicted molar refractivity (Wildman–Crippen MR) is 122 cm³/mol. The Morgan fingerprint density at radius 3 is 1.38 bits per heavy atom. The Morgan fingerprint density at radius 2 is 1.00 bits per heavy atom. The fourth-order valence-corrected chi connectivity index (χ4v) is 3.09. The molecule has 29 heavy (non-hydrogen) atoms. The molecule has 162 valence electrons. The van der Waals surface area contributed by atoms with Crippen LogP contribution in [0.4, 0.5) is 0 Å². The second-order valence-corrected chi connectivity index (χ2v) is 7.35. The Bertz CT molecular complexity index is 521. The quantitative estimate of drug-likeness (QED) is 0.174. The maximum atomic E-state index is 12.4. The summed E-state index contributed by atoms with van der Waals surface area (Å²) < 4.78 is 10.7. The van der Waals surface area contributed by atoms with Gasteiger partial charge in [0.2, 0.25) is 0 Å². The Labute approximate surface area is 196 Å². The van der Waals surface area contributed by atoms with Crippen molar-refractivity contribution >= 4 is 35.0 Å². The summed E-state index contributed by atoms with van der Waals surface area (Å²) in [7, 11) is 0. The van der Waals surface area contributed by atoms with E-state index in [1.807, 2.05) is 0 Å². The maximum Gasteiger partial charge on any atom is 2.00 e. The Morgan fingerprint density at radius 1 is 0.655 bits per heavy atom. The van der Waals surface area contributed by atoms with Crippen LogP contribution in [0.5, 0.6) is 0 Å². The summed E-state index contributed by atoms with van der Waals surface area (Å²) in [5.74, 6) is -0.888. The molecule has 0 bridgehead atoms. The average Bonchev–Trinajstić information content (AvgIpc) is 2.72. The third-order valence-electron chi connectivity index (χ3n) is 4.83. The Hall–Kier alpha value is -1.07. The number of carbonyl (C=O) groups is 2. The molecule has 0 radical (unpaired) electrons. The van der Waals surface area contributed by atoms with Crippen LogP contribution in [0.1, 0.15) is 114 Å². The summed E-state index contributed by atoms with van der Waals surface area (Å²) >= 11 is 0. The number of esters is 2. The monoisotopic (exact) mass is 416 g/mol. The largest absolute Gasteiger partial charge is 2.00 e. The van der Waals surface area contributed by atoms with Gasteiger partial charge in [-0.05, 0) is 25.0 Å². The van der Waals surface area contributed by atoms with Crippen LogP contribution in [0.25, 0.3) is 0 Å². The standard InChI is InChI=1S/C24H38O4.Mg.2H/c1-3-5-7-9-11-15-19-27-23(25)21-17-13-14-18-22(21)24(26)28-20-16-12-10-8-6-4-2;;;/h13-14,17-18H,3-12,15-16,19-20H2,1-2H3;;;/q;+2;2*-1. The predicted octanol–water partition coefficient (Wildman–Crippen LogP) is 6.57. The minimum atomic E-state index is -0.444. The van der Waals surface area contributed by atoms with Gasteiger partial charge in [0.1, 0.15) is 0 Å². The molecule has 0 heterocycles. The zero-order valence-corrected chi connectivity index (χ0v) is 20.0. The fourth-order valence-electron chi connectivity index (χ4n) is 3.09. The first kappa shape index (κ1) is 27.9. The van der Waals surface area contributed by atoms with Crippen LogP contribution < -0.4 is 0 Å². The van der Waals surface area contributed by atoms with Crippen molar-refractivity contribution in [1.29, 1.82) is 0 Å². The smallest absolute Gasteiger partial charge is 1.00 e. The molecule has 0 saturated carbocycles. The molecular formula is C24H40MgO4. The summed E-state index contributed by atoms with van der Waals surface area (Å²) in [5, 5.41) is 0. The molecule has 1 aromatic rings. The van der Waals surface area contributed by atoms with Crippen molar-refractivity contribution in [2.75, 3.05) is 13.2 Å². The zero-order chi connectivity index (χ0) is 20.5. The molecule has 0 atom stereocenters. The molecule has 0 unspecified atom stereocenters. The van der Waals surface area contributed by atoms with Crippen LogP contribution >= 0.6 is 0 Å². The minimum Gasteiger partial charge on any atom is -1.00 e. The van der Waals surface area contributed by atoms with Gasteiger partial charge in [-0.15, -0.1) is 0 Å². The van der Waals surface area contributed by atoms with Crippen molar-refractivity contribution in [3.05, 3.63) is 35.4 Å². The van der Waals surface area contributed by atoms with Crippen LogP contribution in [-0.4, -0.2) is 48.2 Å². The summed E-state index contributed by atoms with van der Waals surface area (Å²) in [5.41, 5.74) is 0.586. The molecule has 5 heteroatoms. The van der Waals surface area contributed by atoms with Gasteiger partial charge in [-0.25, -0.2) is 9.59 Å². The molecule has 1 rings (SSSR count). The Kier molecular flexibility index (Phi) is 18.2. The summed E-state index contributed by atoms with van der Waals surface area (Å²) in [6.45, 7) is 5.17. The molecule has 0 amide bonds. The fraction of sp³-hybridized carbons (Fsp3) is 0.667. The molecule has 1 aromatic carbocycles. The van der Waals surface area contributed by atoms with Crippen LogP contribution in [0.3, 0.4) is 0 Å². The van der Waals surface area contributed by atoms with Crippen LogP contribution in [-0.2, 0) is 9.47 Å². The van der Waals surface area contributed by atoms with Crippen molar-refractivity contribution < 1.29 is 21.9 Å². The van der Waals surface area contributed by atoms with Gasteiger partial charge >= 0.3 is 35.0 Å².